The zero-order valence-electron chi connectivity index (χ0n) is 12.6. The number of aromatic nitrogens is 1. The molecule has 0 aliphatic rings. The Labute approximate surface area is 169 Å². The van der Waals surface area contributed by atoms with Crippen LogP contribution in [0.5, 0.6) is 11.5 Å². The molecular formula is C14H14BF3KNO2. The molecule has 3 nitrogen and oxygen atoms in total. The zero-order valence-corrected chi connectivity index (χ0v) is 15.8. The molecule has 2 rings (SSSR count). The van der Waals surface area contributed by atoms with Gasteiger partial charge in [-0.25, -0.2) is 0 Å². The van der Waals surface area contributed by atoms with E-state index < -0.39 is 12.4 Å². The molecule has 0 spiro atoms. The molecule has 0 bridgehead atoms. The molecule has 0 atom stereocenters. The standard InChI is InChI=1S/C14H14BF3NO2.K/c1-10-5-11(8-19-7-10)9-21-14-4-3-12(20-2)6-13(14)15(16,17)18;/h3-8H,9H2,1-2H3;/q-1;+1. The molecule has 22 heavy (non-hydrogen) atoms. The first-order valence-electron chi connectivity index (χ1n) is 6.31. The third-order valence-electron chi connectivity index (χ3n) is 2.90. The van der Waals surface area contributed by atoms with Crippen LogP contribution in [0.4, 0.5) is 12.9 Å². The van der Waals surface area contributed by atoms with Crippen LogP contribution >= 0.6 is 0 Å². The van der Waals surface area contributed by atoms with Crippen molar-refractivity contribution in [2.24, 2.45) is 0 Å². The van der Waals surface area contributed by atoms with E-state index in [-0.39, 0.29) is 69.5 Å². The molecule has 1 aromatic carbocycles. The Bertz CT molecular complexity index is 638. The van der Waals surface area contributed by atoms with Crippen molar-refractivity contribution in [3.05, 3.63) is 47.8 Å². The first kappa shape index (κ1) is 19.5. The molecule has 112 valence electrons. The Hall–Kier alpha value is -0.539. The van der Waals surface area contributed by atoms with Crippen LogP contribution in [0.2, 0.25) is 0 Å². The summed E-state index contributed by atoms with van der Waals surface area (Å²) in [6.45, 7) is -3.29. The number of methoxy groups -OCH3 is 1. The maximum atomic E-state index is 13.1. The third kappa shape index (κ3) is 5.27. The van der Waals surface area contributed by atoms with Crippen LogP contribution in [-0.4, -0.2) is 19.1 Å². The van der Waals surface area contributed by atoms with E-state index in [1.807, 2.05) is 13.0 Å². The van der Waals surface area contributed by atoms with Gasteiger partial charge in [0.1, 0.15) is 12.4 Å². The number of nitrogens with zero attached hydrogens (tertiary/aromatic N) is 1. The van der Waals surface area contributed by atoms with Crippen molar-refractivity contribution in [3.8, 4) is 11.5 Å². The Morgan fingerprint density at radius 1 is 1.14 bits per heavy atom. The second-order valence-corrected chi connectivity index (χ2v) is 4.64. The van der Waals surface area contributed by atoms with E-state index >= 15 is 0 Å². The Balaban J connectivity index is 0.00000242. The molecule has 0 saturated carbocycles. The van der Waals surface area contributed by atoms with Crippen molar-refractivity contribution in [3.63, 3.8) is 0 Å². The van der Waals surface area contributed by atoms with Crippen LogP contribution in [0.1, 0.15) is 11.1 Å². The van der Waals surface area contributed by atoms with Crippen LogP contribution in [-0.2, 0) is 6.61 Å². The van der Waals surface area contributed by atoms with E-state index in [0.29, 0.717) is 5.56 Å². The summed E-state index contributed by atoms with van der Waals surface area (Å²) in [6.07, 6.45) is 3.23. The van der Waals surface area contributed by atoms with Gasteiger partial charge in [-0.15, -0.1) is 0 Å². The zero-order chi connectivity index (χ0) is 15.5. The summed E-state index contributed by atoms with van der Waals surface area (Å²) in [5, 5.41) is 0. The van der Waals surface area contributed by atoms with Gasteiger partial charge in [0, 0.05) is 18.0 Å². The SMILES string of the molecule is COc1ccc(OCc2cncc(C)c2)c([B-](F)(F)F)c1.[K+]. The number of rotatable bonds is 5. The van der Waals surface area contributed by atoms with Crippen LogP contribution in [0.25, 0.3) is 0 Å². The molecule has 1 heterocycles. The largest absolute Gasteiger partial charge is 1.00 e. The average Bonchev–Trinajstić information content (AvgIpc) is 2.44. The van der Waals surface area contributed by atoms with Gasteiger partial charge in [0.05, 0.1) is 12.9 Å². The first-order chi connectivity index (χ1) is 9.90. The van der Waals surface area contributed by atoms with Gasteiger partial charge in [0.25, 0.3) is 0 Å². The fraction of sp³-hybridized carbons (Fsp3) is 0.214. The molecular weight excluding hydrogens is 321 g/mol. The summed E-state index contributed by atoms with van der Waals surface area (Å²) in [5.41, 5.74) is 0.840. The van der Waals surface area contributed by atoms with Crippen LogP contribution in [0, 0.1) is 6.92 Å². The predicted molar refractivity (Wildman–Crippen MR) is 75.0 cm³/mol. The average molecular weight is 335 g/mol. The van der Waals surface area contributed by atoms with E-state index in [0.717, 1.165) is 11.6 Å². The quantitative estimate of drug-likeness (QED) is 0.723. The van der Waals surface area contributed by atoms with Crippen molar-refractivity contribution in [2.75, 3.05) is 7.11 Å². The maximum Gasteiger partial charge on any atom is 1.00 e. The minimum absolute atomic E-state index is 0. The molecule has 0 aliphatic carbocycles. The molecule has 1 aromatic heterocycles. The molecule has 0 saturated heterocycles. The Morgan fingerprint density at radius 2 is 1.86 bits per heavy atom. The van der Waals surface area contributed by atoms with Crippen LogP contribution in [0.15, 0.2) is 36.7 Å². The monoisotopic (exact) mass is 335 g/mol. The van der Waals surface area contributed by atoms with Crippen LogP contribution < -0.4 is 66.3 Å². The van der Waals surface area contributed by atoms with Gasteiger partial charge in [-0.1, -0.05) is 5.46 Å². The summed E-state index contributed by atoms with van der Waals surface area (Å²) in [5.74, 6) is -0.0569. The van der Waals surface area contributed by atoms with Crippen LogP contribution in [0.3, 0.4) is 0 Å². The van der Waals surface area contributed by atoms with Crippen molar-refractivity contribution in [1.82, 2.24) is 4.98 Å². The molecule has 2 aromatic rings. The van der Waals surface area contributed by atoms with E-state index in [2.05, 4.69) is 4.98 Å². The third-order valence-corrected chi connectivity index (χ3v) is 2.90. The summed E-state index contributed by atoms with van der Waals surface area (Å²) >= 11 is 0. The van der Waals surface area contributed by atoms with Gasteiger partial charge in [-0.2, -0.15) is 0 Å². The normalized spacial score (nSPS) is 10.8. The van der Waals surface area contributed by atoms with E-state index in [9.17, 15) is 12.9 Å². The van der Waals surface area contributed by atoms with Crippen molar-refractivity contribution < 1.29 is 73.8 Å². The van der Waals surface area contributed by atoms with Crippen molar-refractivity contribution >= 4 is 12.4 Å². The minimum Gasteiger partial charge on any atom is -0.497 e. The summed E-state index contributed by atoms with van der Waals surface area (Å²) in [6, 6.07) is 5.47. The van der Waals surface area contributed by atoms with Gasteiger partial charge in [-0.3, -0.25) is 4.98 Å². The van der Waals surface area contributed by atoms with E-state index in [1.54, 1.807) is 12.4 Å². The summed E-state index contributed by atoms with van der Waals surface area (Å²) in [4.78, 5) is 3.98. The molecule has 0 N–H and O–H groups in total. The Kier molecular flexibility index (Phi) is 7.41. The maximum absolute atomic E-state index is 13.1. The fourth-order valence-corrected chi connectivity index (χ4v) is 1.90. The number of aryl methyl sites for hydroxylation is 1. The van der Waals surface area contributed by atoms with Gasteiger partial charge in [0.15, 0.2) is 0 Å². The first-order valence-corrected chi connectivity index (χ1v) is 6.31. The number of benzene rings is 1. The van der Waals surface area contributed by atoms with Gasteiger partial charge >= 0.3 is 58.4 Å². The second kappa shape index (κ2) is 8.35. The number of pyridine rings is 1. The number of halogens is 3. The minimum atomic E-state index is -5.18. The molecule has 0 aliphatic heterocycles. The Morgan fingerprint density at radius 3 is 2.45 bits per heavy atom. The smallest absolute Gasteiger partial charge is 0.497 e. The van der Waals surface area contributed by atoms with Crippen molar-refractivity contribution in [2.45, 2.75) is 13.5 Å². The topological polar surface area (TPSA) is 31.4 Å². The van der Waals surface area contributed by atoms with E-state index in [4.69, 9.17) is 9.47 Å². The van der Waals surface area contributed by atoms with Crippen molar-refractivity contribution in [1.29, 1.82) is 0 Å². The number of hydrogen-bond acceptors (Lipinski definition) is 3. The molecule has 0 unspecified atom stereocenters. The summed E-state index contributed by atoms with van der Waals surface area (Å²) in [7, 11) is 1.32. The number of hydrogen-bond donors (Lipinski definition) is 0. The molecule has 0 radical (unpaired) electrons. The van der Waals surface area contributed by atoms with Gasteiger partial charge < -0.3 is 22.4 Å². The molecule has 8 heteroatoms. The molecule has 0 amide bonds. The predicted octanol–water partition coefficient (Wildman–Crippen LogP) is 0.0360. The number of ether oxygens (including phenoxy) is 2. The van der Waals surface area contributed by atoms with Gasteiger partial charge in [-0.05, 0) is 36.8 Å². The molecule has 0 fully saturated rings. The fourth-order valence-electron chi connectivity index (χ4n) is 1.90. The second-order valence-electron chi connectivity index (χ2n) is 4.64. The van der Waals surface area contributed by atoms with Gasteiger partial charge in [0.2, 0.25) is 0 Å². The van der Waals surface area contributed by atoms with E-state index in [1.165, 1.54) is 19.2 Å². The summed E-state index contributed by atoms with van der Waals surface area (Å²) < 4.78 is 49.3.